The molecule has 0 aliphatic carbocycles. The third kappa shape index (κ3) is 8.06. The molecule has 226 valence electrons. The Morgan fingerprint density at radius 1 is 1.07 bits per heavy atom. The van der Waals surface area contributed by atoms with Crippen molar-refractivity contribution in [2.24, 2.45) is 0 Å². The van der Waals surface area contributed by atoms with E-state index >= 15 is 0 Å². The smallest absolute Gasteiger partial charge is 0.444 e. The predicted octanol–water partition coefficient (Wildman–Crippen LogP) is 6.37. The van der Waals surface area contributed by atoms with Gasteiger partial charge < -0.3 is 29.6 Å². The summed E-state index contributed by atoms with van der Waals surface area (Å²) in [5.74, 6) is -0.608. The third-order valence-electron chi connectivity index (χ3n) is 6.62. The lowest BCUT2D eigenvalue weighted by atomic mass is 9.99. The summed E-state index contributed by atoms with van der Waals surface area (Å²) in [4.78, 5) is 27.2. The van der Waals surface area contributed by atoms with Gasteiger partial charge in [0.1, 0.15) is 17.0 Å². The van der Waals surface area contributed by atoms with E-state index in [4.69, 9.17) is 4.74 Å². The maximum Gasteiger partial charge on any atom is 0.573 e. The van der Waals surface area contributed by atoms with E-state index in [1.165, 1.54) is 18.2 Å². The average Bonchev–Trinajstić information content (AvgIpc) is 3.28. The molecule has 0 saturated carbocycles. The fourth-order valence-electron chi connectivity index (χ4n) is 5.05. The topological polar surface area (TPSA) is 84.8 Å². The maximum absolute atomic E-state index is 13.1. The Bertz CT molecular complexity index is 1410. The van der Waals surface area contributed by atoms with Crippen LogP contribution >= 0.6 is 0 Å². The SMILES string of the molecule is CN(C)Cc1ccc(-c2c(-c3cccc(OC(F)(F)F)c3)cc3n2[C@@H](CCCNC(=O)OC(C)(C)C)CNC3=O)cc1. The van der Waals surface area contributed by atoms with Crippen molar-refractivity contribution in [1.29, 1.82) is 0 Å². The lowest BCUT2D eigenvalue weighted by molar-refractivity contribution is -0.274. The van der Waals surface area contributed by atoms with Crippen LogP contribution in [0.15, 0.2) is 54.6 Å². The first kappa shape index (κ1) is 31.0. The molecule has 1 aliphatic heterocycles. The molecular weight excluding hydrogens is 549 g/mol. The highest BCUT2D eigenvalue weighted by Crippen LogP contribution is 2.41. The molecule has 11 heteroatoms. The molecule has 1 aromatic heterocycles. The maximum atomic E-state index is 13.1. The van der Waals surface area contributed by atoms with Crippen molar-refractivity contribution in [3.63, 3.8) is 0 Å². The van der Waals surface area contributed by atoms with E-state index in [1.807, 2.05) is 42.9 Å². The molecule has 4 rings (SSSR count). The number of alkyl carbamates (subject to hydrolysis) is 1. The summed E-state index contributed by atoms with van der Waals surface area (Å²) in [7, 11) is 3.96. The van der Waals surface area contributed by atoms with Crippen LogP contribution < -0.4 is 15.4 Å². The molecule has 0 fully saturated rings. The van der Waals surface area contributed by atoms with Crippen molar-refractivity contribution < 1.29 is 32.2 Å². The molecule has 2 heterocycles. The van der Waals surface area contributed by atoms with Crippen molar-refractivity contribution >= 4 is 12.0 Å². The van der Waals surface area contributed by atoms with Gasteiger partial charge in [-0.1, -0.05) is 36.4 Å². The number of nitrogens with one attached hydrogen (secondary N) is 2. The number of amides is 2. The number of nitrogens with zero attached hydrogens (tertiary/aromatic N) is 2. The molecule has 2 aromatic carbocycles. The predicted molar refractivity (Wildman–Crippen MR) is 154 cm³/mol. The lowest BCUT2D eigenvalue weighted by Crippen LogP contribution is -2.39. The number of hydrogen-bond acceptors (Lipinski definition) is 5. The molecule has 1 aliphatic rings. The minimum Gasteiger partial charge on any atom is -0.444 e. The van der Waals surface area contributed by atoms with Gasteiger partial charge in [0.05, 0.1) is 11.7 Å². The highest BCUT2D eigenvalue weighted by molar-refractivity contribution is 5.98. The molecule has 0 unspecified atom stereocenters. The first-order valence-corrected chi connectivity index (χ1v) is 13.8. The summed E-state index contributed by atoms with van der Waals surface area (Å²) in [6.45, 7) is 6.88. The number of aromatic nitrogens is 1. The van der Waals surface area contributed by atoms with Gasteiger partial charge >= 0.3 is 12.5 Å². The standard InChI is InChI=1S/C31H37F3N4O4/c1-30(2,3)42-29(40)35-15-7-9-23-18-36-28(39)26-17-25(22-8-6-10-24(16-22)41-31(32,33)34)27(38(23)26)21-13-11-20(12-14-21)19-37(4)5/h6,8,10-14,16-17,23H,7,9,15,18-19H2,1-5H3,(H,35,40)(H,36,39)/t23-/m0/s1. The number of carbonyl (C=O) groups is 2. The van der Waals surface area contributed by atoms with E-state index in [9.17, 15) is 22.8 Å². The van der Waals surface area contributed by atoms with Crippen LogP contribution in [0.25, 0.3) is 22.4 Å². The summed E-state index contributed by atoms with van der Waals surface area (Å²) in [6, 6.07) is 15.3. The molecule has 1 atom stereocenters. The van der Waals surface area contributed by atoms with Crippen LogP contribution in [0, 0.1) is 0 Å². The zero-order valence-corrected chi connectivity index (χ0v) is 24.5. The summed E-state index contributed by atoms with van der Waals surface area (Å²) >= 11 is 0. The highest BCUT2D eigenvalue weighted by Gasteiger charge is 2.33. The van der Waals surface area contributed by atoms with E-state index in [0.29, 0.717) is 42.8 Å². The number of hydrogen-bond donors (Lipinski definition) is 2. The number of benzene rings is 2. The first-order valence-electron chi connectivity index (χ1n) is 13.8. The van der Waals surface area contributed by atoms with Gasteiger partial charge in [0, 0.05) is 25.2 Å². The van der Waals surface area contributed by atoms with Crippen molar-refractivity contribution in [3.8, 4) is 28.1 Å². The van der Waals surface area contributed by atoms with E-state index in [0.717, 1.165) is 23.4 Å². The Kier molecular flexibility index (Phi) is 9.20. The second-order valence-electron chi connectivity index (χ2n) is 11.6. The Balaban J connectivity index is 1.71. The second kappa shape index (κ2) is 12.5. The molecule has 0 bridgehead atoms. The quantitative estimate of drug-likeness (QED) is 0.285. The monoisotopic (exact) mass is 586 g/mol. The molecule has 0 saturated heterocycles. The fraction of sp³-hybridized carbons (Fsp3) is 0.419. The van der Waals surface area contributed by atoms with Gasteiger partial charge in [0.25, 0.3) is 5.91 Å². The van der Waals surface area contributed by atoms with Crippen LogP contribution in [0.3, 0.4) is 0 Å². The van der Waals surface area contributed by atoms with Gasteiger partial charge in [-0.3, -0.25) is 4.79 Å². The lowest BCUT2D eigenvalue weighted by Gasteiger charge is -2.29. The van der Waals surface area contributed by atoms with E-state index in [1.54, 1.807) is 32.9 Å². The van der Waals surface area contributed by atoms with Crippen molar-refractivity contribution in [2.75, 3.05) is 27.2 Å². The molecule has 0 radical (unpaired) electrons. The zero-order valence-electron chi connectivity index (χ0n) is 24.5. The molecule has 3 aromatic rings. The van der Waals surface area contributed by atoms with Gasteiger partial charge in [0.2, 0.25) is 0 Å². The highest BCUT2D eigenvalue weighted by atomic mass is 19.4. The molecule has 0 spiro atoms. The van der Waals surface area contributed by atoms with Gasteiger partial charge in [-0.2, -0.15) is 0 Å². The van der Waals surface area contributed by atoms with Gasteiger partial charge in [-0.25, -0.2) is 4.79 Å². The zero-order chi connectivity index (χ0) is 30.7. The van der Waals surface area contributed by atoms with E-state index in [-0.39, 0.29) is 17.7 Å². The largest absolute Gasteiger partial charge is 0.573 e. The Morgan fingerprint density at radius 2 is 1.79 bits per heavy atom. The summed E-state index contributed by atoms with van der Waals surface area (Å²) in [5.41, 5.74) is 3.57. The van der Waals surface area contributed by atoms with E-state index in [2.05, 4.69) is 20.3 Å². The normalized spacial score (nSPS) is 15.3. The number of ether oxygens (including phenoxy) is 2. The summed E-state index contributed by atoms with van der Waals surface area (Å²) in [5, 5.41) is 5.70. The number of fused-ring (bicyclic) bond motifs is 1. The van der Waals surface area contributed by atoms with Crippen molar-refractivity contribution in [3.05, 3.63) is 65.9 Å². The number of alkyl halides is 3. The minimum atomic E-state index is -4.83. The van der Waals surface area contributed by atoms with Crippen LogP contribution in [0.2, 0.25) is 0 Å². The third-order valence-corrected chi connectivity index (χ3v) is 6.62. The van der Waals surface area contributed by atoms with Gasteiger partial charge in [-0.05, 0) is 82.6 Å². The van der Waals surface area contributed by atoms with Crippen molar-refractivity contribution in [1.82, 2.24) is 20.1 Å². The van der Waals surface area contributed by atoms with Crippen LogP contribution in [-0.2, 0) is 11.3 Å². The minimum absolute atomic E-state index is 0.155. The number of carbonyl (C=O) groups excluding carboxylic acids is 2. The number of rotatable bonds is 9. The van der Waals surface area contributed by atoms with Gasteiger partial charge in [0.15, 0.2) is 0 Å². The Hall–Kier alpha value is -3.99. The molecule has 8 nitrogen and oxygen atoms in total. The summed E-state index contributed by atoms with van der Waals surface area (Å²) in [6.07, 6.45) is -4.09. The van der Waals surface area contributed by atoms with Crippen LogP contribution in [0.1, 0.15) is 55.7 Å². The van der Waals surface area contributed by atoms with Crippen molar-refractivity contribution in [2.45, 2.75) is 58.2 Å². The Labute approximate surface area is 243 Å². The second-order valence-corrected chi connectivity index (χ2v) is 11.6. The van der Waals surface area contributed by atoms with Crippen LogP contribution in [0.5, 0.6) is 5.75 Å². The fourth-order valence-corrected chi connectivity index (χ4v) is 5.05. The van der Waals surface area contributed by atoms with E-state index < -0.39 is 18.1 Å². The molecular formula is C31H37F3N4O4. The molecule has 2 amide bonds. The van der Waals surface area contributed by atoms with Gasteiger partial charge in [-0.15, -0.1) is 13.2 Å². The average molecular weight is 587 g/mol. The van der Waals surface area contributed by atoms with Crippen LogP contribution in [-0.4, -0.2) is 60.6 Å². The Morgan fingerprint density at radius 3 is 2.43 bits per heavy atom. The first-order chi connectivity index (χ1) is 19.7. The molecule has 42 heavy (non-hydrogen) atoms. The molecule has 2 N–H and O–H groups in total. The van der Waals surface area contributed by atoms with Crippen LogP contribution in [0.4, 0.5) is 18.0 Å². The number of halogens is 3. The summed E-state index contributed by atoms with van der Waals surface area (Å²) < 4.78 is 50.5.